The third-order valence-corrected chi connectivity index (χ3v) is 3.48. The van der Waals surface area contributed by atoms with Crippen LogP contribution < -0.4 is 5.73 Å². The van der Waals surface area contributed by atoms with E-state index in [9.17, 15) is 9.90 Å². The SMILES string of the molecule is CC(C)(C(=O)O)c1cccc(C2(N)CC2)c1. The molecule has 0 atom stereocenters. The van der Waals surface area contributed by atoms with Gasteiger partial charge in [-0.05, 0) is 37.8 Å². The Morgan fingerprint density at radius 2 is 2.06 bits per heavy atom. The first-order valence-corrected chi connectivity index (χ1v) is 5.49. The van der Waals surface area contributed by atoms with E-state index < -0.39 is 11.4 Å². The van der Waals surface area contributed by atoms with Crippen molar-refractivity contribution in [1.82, 2.24) is 0 Å². The predicted molar refractivity (Wildman–Crippen MR) is 62.2 cm³/mol. The smallest absolute Gasteiger partial charge is 0.313 e. The lowest BCUT2D eigenvalue weighted by Gasteiger charge is -2.21. The number of rotatable bonds is 3. The maximum absolute atomic E-state index is 11.2. The topological polar surface area (TPSA) is 63.3 Å². The fourth-order valence-electron chi connectivity index (χ4n) is 1.76. The van der Waals surface area contributed by atoms with Crippen molar-refractivity contribution in [3.8, 4) is 0 Å². The molecule has 1 aliphatic rings. The molecular weight excluding hydrogens is 202 g/mol. The molecule has 3 N–H and O–H groups in total. The van der Waals surface area contributed by atoms with Crippen LogP contribution in [-0.2, 0) is 15.7 Å². The summed E-state index contributed by atoms with van der Waals surface area (Å²) in [5, 5.41) is 9.17. The van der Waals surface area contributed by atoms with Crippen molar-refractivity contribution in [2.75, 3.05) is 0 Å². The van der Waals surface area contributed by atoms with E-state index in [2.05, 4.69) is 0 Å². The lowest BCUT2D eigenvalue weighted by molar-refractivity contribution is -0.142. The largest absolute Gasteiger partial charge is 0.481 e. The van der Waals surface area contributed by atoms with Gasteiger partial charge in [0.15, 0.2) is 0 Å². The highest BCUT2D eigenvalue weighted by Gasteiger charge is 2.40. The average molecular weight is 219 g/mol. The molecule has 1 aromatic rings. The summed E-state index contributed by atoms with van der Waals surface area (Å²) in [6.45, 7) is 3.43. The van der Waals surface area contributed by atoms with Gasteiger partial charge in [0.05, 0.1) is 5.41 Å². The summed E-state index contributed by atoms with van der Waals surface area (Å²) in [6, 6.07) is 7.65. The van der Waals surface area contributed by atoms with Crippen LogP contribution in [0.2, 0.25) is 0 Å². The van der Waals surface area contributed by atoms with E-state index in [-0.39, 0.29) is 5.54 Å². The van der Waals surface area contributed by atoms with Crippen LogP contribution in [0.15, 0.2) is 24.3 Å². The zero-order valence-electron chi connectivity index (χ0n) is 9.66. The Morgan fingerprint density at radius 3 is 2.56 bits per heavy atom. The summed E-state index contributed by atoms with van der Waals surface area (Å²) in [4.78, 5) is 11.2. The lowest BCUT2D eigenvalue weighted by Crippen LogP contribution is -2.29. The van der Waals surface area contributed by atoms with Crippen molar-refractivity contribution >= 4 is 5.97 Å². The van der Waals surface area contributed by atoms with E-state index in [1.807, 2.05) is 24.3 Å². The zero-order valence-corrected chi connectivity index (χ0v) is 9.66. The number of carbonyl (C=O) groups is 1. The minimum Gasteiger partial charge on any atom is -0.481 e. The van der Waals surface area contributed by atoms with Crippen LogP contribution in [0.25, 0.3) is 0 Å². The maximum atomic E-state index is 11.2. The molecule has 0 bridgehead atoms. The van der Waals surface area contributed by atoms with Gasteiger partial charge in [-0.15, -0.1) is 0 Å². The fourth-order valence-corrected chi connectivity index (χ4v) is 1.76. The summed E-state index contributed by atoms with van der Waals surface area (Å²) in [6.07, 6.45) is 1.98. The Hall–Kier alpha value is -1.35. The molecule has 3 heteroatoms. The van der Waals surface area contributed by atoms with Gasteiger partial charge in [-0.25, -0.2) is 0 Å². The molecule has 3 nitrogen and oxygen atoms in total. The first kappa shape index (κ1) is 11.1. The van der Waals surface area contributed by atoms with Gasteiger partial charge >= 0.3 is 5.97 Å². The van der Waals surface area contributed by atoms with E-state index in [4.69, 9.17) is 5.73 Å². The normalized spacial score (nSPS) is 18.2. The Bertz CT molecular complexity index is 433. The van der Waals surface area contributed by atoms with E-state index in [1.165, 1.54) is 0 Å². The third kappa shape index (κ3) is 1.71. The fraction of sp³-hybridized carbons (Fsp3) is 0.462. The molecule has 86 valence electrons. The summed E-state index contributed by atoms with van der Waals surface area (Å²) in [5.41, 5.74) is 6.91. The Morgan fingerprint density at radius 1 is 1.44 bits per heavy atom. The molecule has 1 fully saturated rings. The highest BCUT2D eigenvalue weighted by Crippen LogP contribution is 2.43. The molecule has 0 saturated heterocycles. The quantitative estimate of drug-likeness (QED) is 0.817. The van der Waals surface area contributed by atoms with Crippen LogP contribution in [-0.4, -0.2) is 11.1 Å². The first-order chi connectivity index (χ1) is 7.36. The Kier molecular flexibility index (Phi) is 2.31. The number of aliphatic carboxylic acids is 1. The number of carboxylic acid groups (broad SMARTS) is 1. The second-order valence-corrected chi connectivity index (χ2v) is 5.17. The zero-order chi connectivity index (χ0) is 12.0. The van der Waals surface area contributed by atoms with Crippen molar-refractivity contribution in [3.05, 3.63) is 35.4 Å². The second kappa shape index (κ2) is 3.32. The summed E-state index contributed by atoms with van der Waals surface area (Å²) >= 11 is 0. The van der Waals surface area contributed by atoms with Crippen LogP contribution in [0.3, 0.4) is 0 Å². The summed E-state index contributed by atoms with van der Waals surface area (Å²) in [7, 11) is 0. The van der Waals surface area contributed by atoms with Crippen molar-refractivity contribution in [3.63, 3.8) is 0 Å². The number of carboxylic acids is 1. The standard InChI is InChI=1S/C13H17NO2/c1-12(2,11(15)16)9-4-3-5-10(8-9)13(14)6-7-13/h3-5,8H,6-7,14H2,1-2H3,(H,15,16). The highest BCUT2D eigenvalue weighted by molar-refractivity contribution is 5.80. The monoisotopic (exact) mass is 219 g/mol. The van der Waals surface area contributed by atoms with Gasteiger partial charge < -0.3 is 10.8 Å². The molecule has 1 aromatic carbocycles. The minimum absolute atomic E-state index is 0.204. The molecule has 0 unspecified atom stereocenters. The molecule has 0 radical (unpaired) electrons. The molecular formula is C13H17NO2. The van der Waals surface area contributed by atoms with Crippen molar-refractivity contribution < 1.29 is 9.90 Å². The maximum Gasteiger partial charge on any atom is 0.313 e. The van der Waals surface area contributed by atoms with Crippen LogP contribution in [0.4, 0.5) is 0 Å². The molecule has 2 rings (SSSR count). The lowest BCUT2D eigenvalue weighted by atomic mass is 9.83. The highest BCUT2D eigenvalue weighted by atomic mass is 16.4. The van der Waals surface area contributed by atoms with Crippen molar-refractivity contribution in [2.45, 2.75) is 37.6 Å². The molecule has 0 amide bonds. The number of hydrogen-bond donors (Lipinski definition) is 2. The molecule has 0 heterocycles. The van der Waals surface area contributed by atoms with Gasteiger partial charge in [0, 0.05) is 5.54 Å². The number of benzene rings is 1. The third-order valence-electron chi connectivity index (χ3n) is 3.48. The minimum atomic E-state index is -0.860. The van der Waals surface area contributed by atoms with Crippen LogP contribution in [0, 0.1) is 0 Å². The van der Waals surface area contributed by atoms with Crippen LogP contribution in [0.1, 0.15) is 37.8 Å². The van der Waals surface area contributed by atoms with Crippen molar-refractivity contribution in [1.29, 1.82) is 0 Å². The molecule has 1 saturated carbocycles. The van der Waals surface area contributed by atoms with E-state index in [0.717, 1.165) is 24.0 Å². The van der Waals surface area contributed by atoms with E-state index >= 15 is 0 Å². The number of hydrogen-bond acceptors (Lipinski definition) is 2. The van der Waals surface area contributed by atoms with Gasteiger partial charge in [0.25, 0.3) is 0 Å². The molecule has 1 aliphatic carbocycles. The Labute approximate surface area is 95.3 Å². The van der Waals surface area contributed by atoms with E-state index in [0.29, 0.717) is 0 Å². The van der Waals surface area contributed by atoms with Gasteiger partial charge in [0.1, 0.15) is 0 Å². The molecule has 16 heavy (non-hydrogen) atoms. The summed E-state index contributed by atoms with van der Waals surface area (Å²) < 4.78 is 0. The van der Waals surface area contributed by atoms with Crippen molar-refractivity contribution in [2.24, 2.45) is 5.73 Å². The second-order valence-electron chi connectivity index (χ2n) is 5.17. The van der Waals surface area contributed by atoms with Crippen LogP contribution >= 0.6 is 0 Å². The summed E-state index contributed by atoms with van der Waals surface area (Å²) in [5.74, 6) is -0.813. The predicted octanol–water partition coefficient (Wildman–Crippen LogP) is 2.00. The Balaban J connectivity index is 2.40. The van der Waals surface area contributed by atoms with E-state index in [1.54, 1.807) is 13.8 Å². The molecule has 0 aromatic heterocycles. The van der Waals surface area contributed by atoms with Gasteiger partial charge in [-0.2, -0.15) is 0 Å². The first-order valence-electron chi connectivity index (χ1n) is 5.49. The van der Waals surface area contributed by atoms with Gasteiger partial charge in [-0.3, -0.25) is 4.79 Å². The average Bonchev–Trinajstić information content (AvgIpc) is 2.98. The van der Waals surface area contributed by atoms with Gasteiger partial charge in [0.2, 0.25) is 0 Å². The van der Waals surface area contributed by atoms with Gasteiger partial charge in [-0.1, -0.05) is 24.3 Å². The van der Waals surface area contributed by atoms with Crippen LogP contribution in [0.5, 0.6) is 0 Å². The number of nitrogens with two attached hydrogens (primary N) is 1. The molecule has 0 spiro atoms. The molecule has 0 aliphatic heterocycles.